The number of rotatable bonds is 18. The summed E-state index contributed by atoms with van der Waals surface area (Å²) in [7, 11) is -5.87. The predicted octanol–water partition coefficient (Wildman–Crippen LogP) is 30.6. The molecule has 3 heterocycles. The molecule has 8 aromatic rings. The highest BCUT2D eigenvalue weighted by Crippen LogP contribution is 2.57. The van der Waals surface area contributed by atoms with Gasteiger partial charge in [0.25, 0.3) is 0 Å². The first kappa shape index (κ1) is 91.1. The Hall–Kier alpha value is -5.04. The van der Waals surface area contributed by atoms with Crippen LogP contribution in [0.15, 0.2) is 89.6 Å². The molecule has 2 N–H and O–H groups in total. The van der Waals surface area contributed by atoms with Crippen molar-refractivity contribution < 1.29 is 39.1 Å². The minimum absolute atomic E-state index is 0.0134. The van der Waals surface area contributed by atoms with Crippen molar-refractivity contribution in [2.24, 2.45) is 35.3 Å². The topological polar surface area (TPSA) is 116 Å². The number of fused-ring (bicyclic) bond motifs is 8. The maximum atomic E-state index is 15.5. The smallest absolute Gasteiger partial charge is 0.414 e. The third kappa shape index (κ3) is 23.8. The van der Waals surface area contributed by atoms with Crippen LogP contribution in [0, 0.1) is 29.6 Å². The number of hydrogen-bond donors (Lipinski definition) is 1. The molecule has 0 fully saturated rings. The van der Waals surface area contributed by atoms with E-state index in [0.717, 1.165) is 98.2 Å². The summed E-state index contributed by atoms with van der Waals surface area (Å²) in [5.41, 5.74) is 25.4. The van der Waals surface area contributed by atoms with Crippen LogP contribution in [0.25, 0.3) is 43.9 Å². The SMILES string of the molecule is CC(C)Cc1cc(C(C)(C)C)c2op(OCCN)oc3c(C(C)(C)C)cc(CC(C)C)cc3c2c1.CC1c2cc(C(C)(C)C)cc(C(C)(C)C)c2OP(F)Oc2c1cc(C(C)(C)C)cc2C(C)(C)C.CCCCC(CC)COp1oc2c(C(C)(C)C)cc(CC(C)C)cc2c2cc(CC(C)C)cc(C(C)(C)C)c2o1. The highest BCUT2D eigenvalue weighted by atomic mass is 31.2. The van der Waals surface area contributed by atoms with Gasteiger partial charge in [0, 0.05) is 78.5 Å². The fourth-order valence-electron chi connectivity index (χ4n) is 14.6. The van der Waals surface area contributed by atoms with Crippen molar-refractivity contribution in [2.75, 3.05) is 19.8 Å². The van der Waals surface area contributed by atoms with Gasteiger partial charge in [0.1, 0.15) is 33.8 Å². The van der Waals surface area contributed by atoms with E-state index in [1.807, 2.05) is 0 Å². The molecule has 1 unspecified atom stereocenters. The van der Waals surface area contributed by atoms with E-state index in [-0.39, 0.29) is 49.2 Å². The summed E-state index contributed by atoms with van der Waals surface area (Å²) >= 11 is 0. The van der Waals surface area contributed by atoms with Crippen LogP contribution in [0.5, 0.6) is 11.5 Å². The van der Waals surface area contributed by atoms with Crippen molar-refractivity contribution in [3.63, 3.8) is 0 Å². The van der Waals surface area contributed by atoms with E-state index in [4.69, 9.17) is 40.6 Å². The van der Waals surface area contributed by atoms with Gasteiger partial charge < -0.3 is 31.6 Å². The molecule has 0 aliphatic carbocycles. The average molecular weight is 1560 g/mol. The molecule has 1 aliphatic rings. The lowest BCUT2D eigenvalue weighted by Crippen LogP contribution is -2.22. The number of unbranched alkanes of at least 4 members (excludes halogenated alkanes) is 1. The Kier molecular flexibility index (Phi) is 29.9. The third-order valence-corrected chi connectivity index (χ3v) is 23.5. The van der Waals surface area contributed by atoms with Crippen molar-refractivity contribution in [1.29, 1.82) is 0 Å². The van der Waals surface area contributed by atoms with Crippen molar-refractivity contribution in [3.8, 4) is 11.5 Å². The van der Waals surface area contributed by atoms with Crippen molar-refractivity contribution in [1.82, 2.24) is 0 Å². The molecule has 13 heteroatoms. The van der Waals surface area contributed by atoms with Gasteiger partial charge in [0.2, 0.25) is 0 Å². The second kappa shape index (κ2) is 35.8. The molecule has 6 aromatic carbocycles. The van der Waals surface area contributed by atoms with Crippen LogP contribution in [0.2, 0.25) is 0 Å². The fourth-order valence-corrected chi connectivity index (χ4v) is 17.6. The zero-order valence-electron chi connectivity index (χ0n) is 74.7. The molecule has 1 aliphatic heterocycles. The molecule has 0 spiro atoms. The molecule has 2 aromatic heterocycles. The van der Waals surface area contributed by atoms with Crippen molar-refractivity contribution in [3.05, 3.63) is 151 Å². The summed E-state index contributed by atoms with van der Waals surface area (Å²) < 4.78 is 67.2. The Balaban J connectivity index is 0.000000228. The zero-order chi connectivity index (χ0) is 82.0. The summed E-state index contributed by atoms with van der Waals surface area (Å²) in [6, 6.07) is 27.6. The van der Waals surface area contributed by atoms with Gasteiger partial charge in [-0.15, -0.1) is 4.20 Å². The van der Waals surface area contributed by atoms with Crippen LogP contribution in [0.4, 0.5) is 4.20 Å². The molecular formula is C96H147FNO8P3. The molecular weight excluding hydrogens is 1410 g/mol. The average Bonchev–Trinajstić information content (AvgIpc) is 1.70. The van der Waals surface area contributed by atoms with Crippen LogP contribution in [0.1, 0.15) is 352 Å². The van der Waals surface area contributed by atoms with E-state index >= 15 is 4.20 Å². The van der Waals surface area contributed by atoms with E-state index in [9.17, 15) is 0 Å². The van der Waals surface area contributed by atoms with Crippen LogP contribution in [-0.4, -0.2) is 19.8 Å². The zero-order valence-corrected chi connectivity index (χ0v) is 77.4. The van der Waals surface area contributed by atoms with Gasteiger partial charge in [-0.1, -0.05) is 310 Å². The molecule has 1 atom stereocenters. The number of hydrogen-bond acceptors (Lipinski definition) is 9. The monoisotopic (exact) mass is 1550 g/mol. The largest absolute Gasteiger partial charge is 0.505 e. The summed E-state index contributed by atoms with van der Waals surface area (Å²) in [5.74, 6) is 4.05. The summed E-state index contributed by atoms with van der Waals surface area (Å²) in [6.45, 7) is 80.0. The van der Waals surface area contributed by atoms with E-state index in [1.54, 1.807) is 0 Å². The molecule has 0 saturated heterocycles. The molecule has 9 rings (SSSR count). The lowest BCUT2D eigenvalue weighted by Gasteiger charge is -2.35. The minimum atomic E-state index is -2.63. The fraction of sp³-hybridized carbons (Fsp3) is 0.625. The first-order valence-electron chi connectivity index (χ1n) is 41.2. The predicted molar refractivity (Wildman–Crippen MR) is 471 cm³/mol. The Morgan fingerprint density at radius 2 is 0.679 bits per heavy atom. The number of halogens is 1. The summed E-state index contributed by atoms with van der Waals surface area (Å²) in [5, 5.41) is 4.53. The van der Waals surface area contributed by atoms with Crippen molar-refractivity contribution in [2.45, 2.75) is 343 Å². The highest BCUT2D eigenvalue weighted by Gasteiger charge is 2.38. The van der Waals surface area contributed by atoms with Crippen molar-refractivity contribution >= 4 is 69.0 Å². The van der Waals surface area contributed by atoms with E-state index in [1.165, 1.54) is 74.9 Å². The maximum absolute atomic E-state index is 15.5. The lowest BCUT2D eigenvalue weighted by molar-refractivity contribution is 0.276. The van der Waals surface area contributed by atoms with Gasteiger partial charge >= 0.3 is 25.2 Å². The van der Waals surface area contributed by atoms with Gasteiger partial charge in [-0.3, -0.25) is 9.05 Å². The highest BCUT2D eigenvalue weighted by molar-refractivity contribution is 7.42. The Morgan fingerprint density at radius 1 is 0.394 bits per heavy atom. The van der Waals surface area contributed by atoms with Gasteiger partial charge in [0.15, 0.2) is 0 Å². The second-order valence-corrected chi connectivity index (χ2v) is 44.6. The van der Waals surface area contributed by atoms with Crippen LogP contribution in [0.3, 0.4) is 0 Å². The van der Waals surface area contributed by atoms with Gasteiger partial charge in [-0.2, -0.15) is 0 Å². The van der Waals surface area contributed by atoms with E-state index < -0.39 is 25.2 Å². The van der Waals surface area contributed by atoms with Crippen LogP contribution < -0.4 is 23.8 Å². The summed E-state index contributed by atoms with van der Waals surface area (Å²) in [4.78, 5) is 0. The molecule has 0 amide bonds. The van der Waals surface area contributed by atoms with Gasteiger partial charge in [-0.25, -0.2) is 0 Å². The lowest BCUT2D eigenvalue weighted by atomic mass is 9.74. The van der Waals surface area contributed by atoms with E-state index in [2.05, 4.69) is 315 Å². The normalized spacial score (nSPS) is 15.2. The van der Waals surface area contributed by atoms with Crippen LogP contribution in [-0.2, 0) is 69.0 Å². The first-order valence-corrected chi connectivity index (χ1v) is 44.5. The molecule has 0 saturated carbocycles. The van der Waals surface area contributed by atoms with Crippen LogP contribution >= 0.6 is 25.2 Å². The number of nitrogens with two attached hydrogens (primary N) is 1. The van der Waals surface area contributed by atoms with Gasteiger partial charge in [-0.05, 0) is 163 Å². The quantitative estimate of drug-likeness (QED) is 0.0839. The Bertz CT molecular complexity index is 4230. The minimum Gasteiger partial charge on any atom is -0.414 e. The number of benzene rings is 6. The first-order chi connectivity index (χ1) is 50.0. The van der Waals surface area contributed by atoms with Gasteiger partial charge in [0.05, 0.1) is 13.2 Å². The third-order valence-electron chi connectivity index (χ3n) is 20.8. The molecule has 0 radical (unpaired) electrons. The summed E-state index contributed by atoms with van der Waals surface area (Å²) in [6.07, 6.45) is 8.82. The molecule has 0 bridgehead atoms. The molecule has 109 heavy (non-hydrogen) atoms. The molecule has 9 nitrogen and oxygen atoms in total. The Morgan fingerprint density at radius 3 is 0.917 bits per heavy atom. The standard InChI is InChI=1S/C36H57O3P.C30H44FO2P.C30H46NO3P/c1-13-15-16-26(14-2)23-37-40-38-33-29(19-27(17-24(3)4)21-31(33)35(7,8)9)30-20-28(18-25(5)6)22-32(34(30)39-40)36(10,11)12;1-18-21-14-19(27(2,3)4)16-23(29(8,9)10)25(21)32-34(31)33-26-22(18)15-20(28(5,6)7)17-24(26)30(11,12)13;1-19(2)13-21-15-23-24-16-22(14-20(3)4)18-26(30(8,9)10)28(24)34-35(32-12-11-31)33-27(23)25(17-21)29(5,6)7/h19-22,24-26H,13-18,23H2,1-12H3;14-18H,1-13H3;15-20H,11-14,31H2,1-10H3. The second-order valence-electron chi connectivity index (χ2n) is 41.6. The molecule has 606 valence electrons. The Labute approximate surface area is 664 Å². The maximum Gasteiger partial charge on any atom is 0.505 e. The van der Waals surface area contributed by atoms with E-state index in [0.29, 0.717) is 60.8 Å².